The van der Waals surface area contributed by atoms with Crippen molar-refractivity contribution in [2.45, 2.75) is 10.0 Å². The number of benzene rings is 2. The molecule has 0 aliphatic carbocycles. The smallest absolute Gasteiger partial charge is 0.302 e. The van der Waals surface area contributed by atoms with Gasteiger partial charge in [-0.2, -0.15) is 8.42 Å². The molecule has 11 heteroatoms. The summed E-state index contributed by atoms with van der Waals surface area (Å²) in [5.41, 5.74) is 3.74. The van der Waals surface area contributed by atoms with Gasteiger partial charge in [0.05, 0.1) is 20.2 Å². The summed E-state index contributed by atoms with van der Waals surface area (Å²) < 4.78 is 33.0. The van der Waals surface area contributed by atoms with E-state index in [0.29, 0.717) is 0 Å². The summed E-state index contributed by atoms with van der Waals surface area (Å²) >= 11 is 5.91. The molecule has 0 spiro atoms. The summed E-state index contributed by atoms with van der Waals surface area (Å²) in [4.78, 5) is 12.8. The quantitative estimate of drug-likeness (QED) is 0.582. The Hall–Kier alpha value is -2.32. The van der Waals surface area contributed by atoms with E-state index >= 15 is 0 Å². The largest absolute Gasteiger partial charge is 0.467 e. The summed E-state index contributed by atoms with van der Waals surface area (Å²) in [5, 5.41) is 0.284. The van der Waals surface area contributed by atoms with E-state index in [0.717, 1.165) is 0 Å². The molecule has 0 saturated carbocycles. The first-order chi connectivity index (χ1) is 13.0. The maximum Gasteiger partial charge on any atom is 0.302 e. The van der Waals surface area contributed by atoms with Crippen LogP contribution in [0.15, 0.2) is 66.2 Å². The molecule has 136 valence electrons. The summed E-state index contributed by atoms with van der Waals surface area (Å²) in [7, 11) is 12.8. The number of ether oxygens (including phenoxy) is 1. The van der Waals surface area contributed by atoms with Gasteiger partial charge in [0.25, 0.3) is 0 Å². The predicted molar refractivity (Wildman–Crippen MR) is 106 cm³/mol. The van der Waals surface area contributed by atoms with Crippen LogP contribution in [0.4, 0.5) is 0 Å². The topological polar surface area (TPSA) is 95.7 Å². The molecule has 28 heavy (non-hydrogen) atoms. The van der Waals surface area contributed by atoms with Crippen molar-refractivity contribution in [1.82, 2.24) is 0 Å². The van der Waals surface area contributed by atoms with Crippen LogP contribution in [0.1, 0.15) is 11.1 Å². The van der Waals surface area contributed by atoms with E-state index in [1.165, 1.54) is 30.3 Å². The first-order valence-corrected chi connectivity index (χ1v) is 9.63. The Morgan fingerprint density at radius 1 is 1.11 bits per heavy atom. The monoisotopic (exact) mass is 409 g/mol. The zero-order chi connectivity index (χ0) is 20.7. The maximum absolute atomic E-state index is 12.8. The number of carbonyl (C=O) groups is 1. The van der Waals surface area contributed by atoms with Gasteiger partial charge in [0.15, 0.2) is 5.50 Å². The van der Waals surface area contributed by atoms with E-state index < -0.39 is 37.6 Å². The van der Waals surface area contributed by atoms with Crippen molar-refractivity contribution in [2.75, 3.05) is 0 Å². The third-order valence-electron chi connectivity index (χ3n) is 4.12. The van der Waals surface area contributed by atoms with Crippen molar-refractivity contribution in [3.05, 3.63) is 82.4 Å². The summed E-state index contributed by atoms with van der Waals surface area (Å²) in [6.45, 7) is 0. The minimum Gasteiger partial charge on any atom is -0.467 e. The van der Waals surface area contributed by atoms with Crippen molar-refractivity contribution < 1.29 is 22.1 Å². The first kappa shape index (κ1) is 20.4. The van der Waals surface area contributed by atoms with Gasteiger partial charge >= 0.3 is 10.1 Å². The van der Waals surface area contributed by atoms with Crippen LogP contribution >= 0.6 is 11.6 Å². The molecule has 2 N–H and O–H groups in total. The van der Waals surface area contributed by atoms with Crippen LogP contribution in [0.5, 0.6) is 0 Å². The fraction of sp³-hybridized carbons (Fsp3) is 0.118. The molecule has 2 aromatic rings. The van der Waals surface area contributed by atoms with E-state index in [-0.39, 0.29) is 16.1 Å². The van der Waals surface area contributed by atoms with Crippen LogP contribution in [-0.4, -0.2) is 37.7 Å². The Morgan fingerprint density at radius 2 is 1.75 bits per heavy atom. The Kier molecular flexibility index (Phi) is 5.06. The fourth-order valence-electron chi connectivity index (χ4n) is 2.56. The Labute approximate surface area is 171 Å². The lowest BCUT2D eigenvalue weighted by Gasteiger charge is -2.26. The third kappa shape index (κ3) is 3.31. The zero-order valence-corrected chi connectivity index (χ0v) is 15.9. The minimum atomic E-state index is -4.77. The molecule has 0 amide bonds. The van der Waals surface area contributed by atoms with Crippen LogP contribution in [0.3, 0.4) is 0 Å². The fourth-order valence-corrected chi connectivity index (χ4v) is 3.69. The Morgan fingerprint density at radius 3 is 2.36 bits per heavy atom. The molecule has 0 bridgehead atoms. The maximum atomic E-state index is 12.8. The Bertz CT molecular complexity index is 1080. The molecule has 6 nitrogen and oxygen atoms in total. The van der Waals surface area contributed by atoms with Crippen LogP contribution in [-0.2, 0) is 33.9 Å². The molecule has 1 atom stereocenters. The lowest BCUT2D eigenvalue weighted by molar-refractivity contribution is -0.126. The van der Waals surface area contributed by atoms with Gasteiger partial charge in [0.2, 0.25) is 17.4 Å². The van der Waals surface area contributed by atoms with Gasteiger partial charge in [-0.15, -0.1) is 0 Å². The number of hydrogen-bond acceptors (Lipinski definition) is 6. The summed E-state index contributed by atoms with van der Waals surface area (Å²) in [6, 6.07) is 13.5. The zero-order valence-electron chi connectivity index (χ0n) is 14.3. The third-order valence-corrected chi connectivity index (χ3v) is 5.81. The van der Waals surface area contributed by atoms with Crippen molar-refractivity contribution in [2.24, 2.45) is 5.73 Å². The second-order valence-electron chi connectivity index (χ2n) is 6.07. The Balaban J connectivity index is 1.94. The van der Waals surface area contributed by atoms with Gasteiger partial charge in [0.1, 0.15) is 7.85 Å². The highest BCUT2D eigenvalue weighted by molar-refractivity contribution is 7.90. The molecule has 1 heterocycles. The number of nitrogens with two attached hydrogens (primary N) is 1. The van der Waals surface area contributed by atoms with E-state index in [1.54, 1.807) is 24.3 Å². The van der Waals surface area contributed by atoms with Crippen molar-refractivity contribution in [1.29, 1.82) is 0 Å². The first-order valence-electron chi connectivity index (χ1n) is 7.85. The minimum absolute atomic E-state index is 0.0365. The molecule has 1 aliphatic rings. The van der Waals surface area contributed by atoms with Crippen molar-refractivity contribution >= 4 is 51.0 Å². The molecule has 3 rings (SSSR count). The van der Waals surface area contributed by atoms with Gasteiger partial charge in [-0.3, -0.25) is 4.79 Å². The molecule has 1 aliphatic heterocycles. The normalized spacial score (nSPS) is 20.1. The molecular weight excluding hydrogens is 398 g/mol. The highest BCUT2D eigenvalue weighted by Gasteiger charge is 2.50. The molecule has 0 saturated heterocycles. The highest BCUT2D eigenvalue weighted by atomic mass is 35.5. The van der Waals surface area contributed by atoms with Gasteiger partial charge in [-0.1, -0.05) is 54.1 Å². The molecule has 2 aromatic carbocycles. The molecule has 0 fully saturated rings. The predicted octanol–water partition coefficient (Wildman–Crippen LogP) is 0.882. The molecule has 0 unspecified atom stereocenters. The molecule has 6 radical (unpaired) electrons. The molecular formula is C17H11B3ClNO5S. The van der Waals surface area contributed by atoms with E-state index in [4.69, 9.17) is 49.8 Å². The van der Waals surface area contributed by atoms with Crippen molar-refractivity contribution in [3.63, 3.8) is 0 Å². The van der Waals surface area contributed by atoms with E-state index in [9.17, 15) is 13.2 Å². The highest BCUT2D eigenvalue weighted by Crippen LogP contribution is 2.38. The summed E-state index contributed by atoms with van der Waals surface area (Å²) in [5.74, 6) is -2.47. The second-order valence-corrected chi connectivity index (χ2v) is 8.25. The second kappa shape index (κ2) is 6.94. The van der Waals surface area contributed by atoms with Crippen molar-refractivity contribution in [3.8, 4) is 0 Å². The standard InChI is InChI=1S/C17H11B3ClNO5S/c18-16(11-7-4-8-12(21)9-11)14(23)13(15(22)26-16)27-28(24,25)17(19,20)10-5-2-1-3-6-10/h1-9H,22H2/t16-/m0/s1. The number of halogens is 1. The van der Waals surface area contributed by atoms with Gasteiger partial charge in [-0.05, 0) is 23.3 Å². The summed E-state index contributed by atoms with van der Waals surface area (Å²) in [6.07, 6.45) is 0. The lowest BCUT2D eigenvalue weighted by atomic mass is 9.65. The van der Waals surface area contributed by atoms with E-state index in [2.05, 4.69) is 0 Å². The number of rotatable bonds is 5. The van der Waals surface area contributed by atoms with E-state index in [1.807, 2.05) is 0 Å². The average Bonchev–Trinajstić information content (AvgIpc) is 2.86. The average molecular weight is 409 g/mol. The number of carbonyl (C=O) groups excluding carboxylic acids is 1. The molecule has 0 aromatic heterocycles. The number of ketones is 1. The van der Waals surface area contributed by atoms with Crippen LogP contribution < -0.4 is 5.73 Å². The van der Waals surface area contributed by atoms with Crippen LogP contribution in [0, 0.1) is 0 Å². The van der Waals surface area contributed by atoms with Gasteiger partial charge in [-0.25, -0.2) is 0 Å². The van der Waals surface area contributed by atoms with Gasteiger partial charge < -0.3 is 14.7 Å². The number of hydrogen-bond donors (Lipinski definition) is 1. The van der Waals surface area contributed by atoms with Crippen LogP contribution in [0.2, 0.25) is 5.02 Å². The SMILES string of the molecule is [B]C([B])(c1ccccc1)S(=O)(=O)OC1=C(N)O[C@@]([B])(c2cccc(Cl)c2)C1=O. The van der Waals surface area contributed by atoms with Crippen LogP contribution in [0.25, 0.3) is 0 Å². The lowest BCUT2D eigenvalue weighted by Crippen LogP contribution is -2.40. The number of Topliss-reactive ketones (excluding diaryl/α,β-unsaturated/α-hetero) is 1. The van der Waals surface area contributed by atoms with Gasteiger partial charge in [0, 0.05) is 5.02 Å².